The monoisotopic (exact) mass is 252 g/mol. The smallest absolute Gasteiger partial charge is 0.147 e. The molecule has 0 aliphatic carbocycles. The minimum atomic E-state index is -2.97. The molecule has 98 valence electrons. The Morgan fingerprint density at radius 2 is 1.88 bits per heavy atom. The second kappa shape index (κ2) is 5.95. The number of ether oxygens (including phenoxy) is 1. The number of nitrogens with one attached hydrogen (secondary N) is 1. The minimum Gasteiger partial charge on any atom is -0.379 e. The fraction of sp³-hybridized carbons (Fsp3) is 1.00. The summed E-state index contributed by atoms with van der Waals surface area (Å²) in [5, 5.41) is 0. The average Bonchev–Trinajstić information content (AvgIpc) is 2.08. The van der Waals surface area contributed by atoms with Crippen LogP contribution in [-0.2, 0) is 14.6 Å². The maximum absolute atomic E-state index is 11.1. The summed E-state index contributed by atoms with van der Waals surface area (Å²) in [6.07, 6.45) is 1.55. The van der Waals surface area contributed by atoms with Gasteiger partial charge in [-0.1, -0.05) is 20.8 Å². The molecule has 0 amide bonds. The molecule has 0 heterocycles. The molecule has 0 bridgehead atoms. The van der Waals surface area contributed by atoms with Crippen LogP contribution in [0.2, 0.25) is 0 Å². The van der Waals surface area contributed by atoms with Crippen molar-refractivity contribution in [1.29, 1.82) is 0 Å². The summed E-state index contributed by atoms with van der Waals surface area (Å²) in [4.78, 5) is 0. The van der Waals surface area contributed by atoms with E-state index in [1.54, 1.807) is 7.11 Å². The lowest BCUT2D eigenvalue weighted by Crippen LogP contribution is -2.51. The van der Waals surface area contributed by atoms with Crippen molar-refractivity contribution < 1.29 is 13.2 Å². The van der Waals surface area contributed by atoms with Crippen LogP contribution in [0.15, 0.2) is 0 Å². The molecule has 0 fully saturated rings. The molecule has 0 saturated carbocycles. The zero-order valence-electron chi connectivity index (χ0n) is 10.8. The highest BCUT2D eigenvalue weighted by Gasteiger charge is 2.32. The molecule has 0 rings (SSSR count). The fourth-order valence-corrected chi connectivity index (χ4v) is 2.47. The summed E-state index contributed by atoms with van der Waals surface area (Å²) in [5.41, 5.74) is 2.55. The Morgan fingerprint density at radius 3 is 2.12 bits per heavy atom. The Hall–Kier alpha value is -0.170. The molecule has 0 aliphatic rings. The van der Waals surface area contributed by atoms with Crippen LogP contribution in [0.3, 0.4) is 0 Å². The third kappa shape index (κ3) is 5.79. The molecule has 0 spiro atoms. The number of hydrazine groups is 1. The van der Waals surface area contributed by atoms with Gasteiger partial charge in [-0.05, 0) is 11.8 Å². The number of rotatable bonds is 6. The molecule has 0 aromatic carbocycles. The van der Waals surface area contributed by atoms with Crippen LogP contribution in [0, 0.1) is 5.41 Å². The molecule has 0 aliphatic heterocycles. The third-order valence-electron chi connectivity index (χ3n) is 2.49. The van der Waals surface area contributed by atoms with E-state index in [-0.39, 0.29) is 23.3 Å². The van der Waals surface area contributed by atoms with Crippen molar-refractivity contribution in [2.24, 2.45) is 11.3 Å². The Labute approximate surface area is 98.6 Å². The van der Waals surface area contributed by atoms with Gasteiger partial charge in [0.05, 0.1) is 11.9 Å². The van der Waals surface area contributed by atoms with Crippen LogP contribution >= 0.6 is 0 Å². The molecule has 0 aromatic rings. The van der Waals surface area contributed by atoms with Crippen LogP contribution in [0.25, 0.3) is 0 Å². The normalized spacial score (nSPS) is 17.1. The molecule has 2 atom stereocenters. The van der Waals surface area contributed by atoms with E-state index in [2.05, 4.69) is 5.43 Å². The standard InChI is InChI=1S/C10H24N2O3S/c1-10(2,3)9(15-4)8(12-11)6-7-16(5,13)14/h8-9,12H,6-7,11H2,1-5H3. The maximum Gasteiger partial charge on any atom is 0.147 e. The van der Waals surface area contributed by atoms with E-state index in [0.717, 1.165) is 0 Å². The summed E-state index contributed by atoms with van der Waals surface area (Å²) < 4.78 is 27.6. The van der Waals surface area contributed by atoms with Gasteiger partial charge in [0.2, 0.25) is 0 Å². The molecular weight excluding hydrogens is 228 g/mol. The topological polar surface area (TPSA) is 81.4 Å². The number of methoxy groups -OCH3 is 1. The van der Waals surface area contributed by atoms with E-state index >= 15 is 0 Å². The minimum absolute atomic E-state index is 0.0940. The van der Waals surface area contributed by atoms with Gasteiger partial charge in [0.15, 0.2) is 0 Å². The van der Waals surface area contributed by atoms with Gasteiger partial charge >= 0.3 is 0 Å². The van der Waals surface area contributed by atoms with Gasteiger partial charge in [-0.15, -0.1) is 0 Å². The lowest BCUT2D eigenvalue weighted by Gasteiger charge is -2.35. The largest absolute Gasteiger partial charge is 0.379 e. The van der Waals surface area contributed by atoms with Crippen molar-refractivity contribution in [1.82, 2.24) is 5.43 Å². The maximum atomic E-state index is 11.1. The van der Waals surface area contributed by atoms with Gasteiger partial charge in [0.1, 0.15) is 9.84 Å². The number of hydrogen-bond acceptors (Lipinski definition) is 5. The van der Waals surface area contributed by atoms with Crippen molar-refractivity contribution in [2.45, 2.75) is 39.3 Å². The summed E-state index contributed by atoms with van der Waals surface area (Å²) in [7, 11) is -1.36. The highest BCUT2D eigenvalue weighted by atomic mass is 32.2. The first-order chi connectivity index (χ1) is 7.11. The zero-order chi connectivity index (χ0) is 13.0. The molecule has 0 saturated heterocycles. The zero-order valence-corrected chi connectivity index (χ0v) is 11.6. The predicted octanol–water partition coefficient (Wildman–Crippen LogP) is 0.314. The Bertz CT molecular complexity index is 296. The molecule has 3 N–H and O–H groups in total. The van der Waals surface area contributed by atoms with Gasteiger partial charge in [0.25, 0.3) is 0 Å². The van der Waals surface area contributed by atoms with Gasteiger partial charge in [0, 0.05) is 19.4 Å². The van der Waals surface area contributed by atoms with Gasteiger partial charge in [-0.2, -0.15) is 0 Å². The van der Waals surface area contributed by atoms with E-state index in [9.17, 15) is 8.42 Å². The number of hydrogen-bond donors (Lipinski definition) is 2. The van der Waals surface area contributed by atoms with Crippen molar-refractivity contribution >= 4 is 9.84 Å². The first kappa shape index (κ1) is 15.8. The van der Waals surface area contributed by atoms with E-state index in [4.69, 9.17) is 10.6 Å². The summed E-state index contributed by atoms with van der Waals surface area (Å²) in [6, 6.07) is -0.167. The Morgan fingerprint density at radius 1 is 1.38 bits per heavy atom. The summed E-state index contributed by atoms with van der Waals surface area (Å²) >= 11 is 0. The average molecular weight is 252 g/mol. The van der Waals surface area contributed by atoms with Crippen molar-refractivity contribution in [3.8, 4) is 0 Å². The van der Waals surface area contributed by atoms with Crippen molar-refractivity contribution in [3.63, 3.8) is 0 Å². The lowest BCUT2D eigenvalue weighted by molar-refractivity contribution is -0.0118. The highest BCUT2D eigenvalue weighted by molar-refractivity contribution is 7.90. The molecular formula is C10H24N2O3S. The van der Waals surface area contributed by atoms with Gasteiger partial charge in [-0.3, -0.25) is 11.3 Å². The number of sulfone groups is 1. The summed E-state index contributed by atoms with van der Waals surface area (Å²) in [6.45, 7) is 6.10. The van der Waals surface area contributed by atoms with Crippen LogP contribution in [0.4, 0.5) is 0 Å². The quantitative estimate of drug-likeness (QED) is 0.525. The van der Waals surface area contributed by atoms with E-state index in [0.29, 0.717) is 6.42 Å². The molecule has 0 radical (unpaired) electrons. The second-order valence-electron chi connectivity index (χ2n) is 5.21. The van der Waals surface area contributed by atoms with Crippen LogP contribution in [0.1, 0.15) is 27.2 Å². The molecule has 16 heavy (non-hydrogen) atoms. The Balaban J connectivity index is 4.58. The van der Waals surface area contributed by atoms with E-state index in [1.807, 2.05) is 20.8 Å². The molecule has 0 aromatic heterocycles. The van der Waals surface area contributed by atoms with E-state index in [1.165, 1.54) is 6.26 Å². The lowest BCUT2D eigenvalue weighted by atomic mass is 9.84. The molecule has 5 nitrogen and oxygen atoms in total. The van der Waals surface area contributed by atoms with Crippen molar-refractivity contribution in [3.05, 3.63) is 0 Å². The third-order valence-corrected chi connectivity index (χ3v) is 3.46. The first-order valence-electron chi connectivity index (χ1n) is 5.28. The first-order valence-corrected chi connectivity index (χ1v) is 7.34. The molecule has 2 unspecified atom stereocenters. The highest BCUT2D eigenvalue weighted by Crippen LogP contribution is 2.25. The number of nitrogens with two attached hydrogens (primary N) is 1. The van der Waals surface area contributed by atoms with Crippen molar-refractivity contribution in [2.75, 3.05) is 19.1 Å². The SMILES string of the molecule is COC(C(CCS(C)(=O)=O)NN)C(C)(C)C. The predicted molar refractivity (Wildman–Crippen MR) is 65.7 cm³/mol. The second-order valence-corrected chi connectivity index (χ2v) is 7.47. The van der Waals surface area contributed by atoms with Gasteiger partial charge < -0.3 is 4.74 Å². The van der Waals surface area contributed by atoms with Crippen LogP contribution in [0.5, 0.6) is 0 Å². The Kier molecular flexibility index (Phi) is 5.89. The van der Waals surface area contributed by atoms with Crippen LogP contribution < -0.4 is 11.3 Å². The fourth-order valence-electron chi connectivity index (χ4n) is 1.78. The molecule has 6 heteroatoms. The van der Waals surface area contributed by atoms with Gasteiger partial charge in [-0.25, -0.2) is 8.42 Å². The van der Waals surface area contributed by atoms with Crippen LogP contribution in [-0.4, -0.2) is 39.7 Å². The van der Waals surface area contributed by atoms with E-state index < -0.39 is 9.84 Å². The summed E-state index contributed by atoms with van der Waals surface area (Å²) in [5.74, 6) is 5.56.